The average molecular weight is 264 g/mol. The summed E-state index contributed by atoms with van der Waals surface area (Å²) in [5.41, 5.74) is 0.569. The summed E-state index contributed by atoms with van der Waals surface area (Å²) in [6, 6.07) is 0.133. The van der Waals surface area contributed by atoms with E-state index in [1.807, 2.05) is 0 Å². The van der Waals surface area contributed by atoms with Gasteiger partial charge in [0.1, 0.15) is 5.76 Å². The van der Waals surface area contributed by atoms with Crippen molar-refractivity contribution in [2.45, 2.75) is 13.8 Å². The molecule has 0 saturated heterocycles. The molecule has 8 heteroatoms. The zero-order valence-electron chi connectivity index (χ0n) is 10.9. The van der Waals surface area contributed by atoms with E-state index in [0.29, 0.717) is 11.3 Å². The Labute approximate surface area is 108 Å². The van der Waals surface area contributed by atoms with E-state index >= 15 is 0 Å². The fourth-order valence-electron chi connectivity index (χ4n) is 1.57. The van der Waals surface area contributed by atoms with Crippen LogP contribution in [0.4, 0.5) is 0 Å². The largest absolute Gasteiger partial charge is 0.467 e. The van der Waals surface area contributed by atoms with Gasteiger partial charge in [-0.3, -0.25) is 4.79 Å². The lowest BCUT2D eigenvalue weighted by Gasteiger charge is -2.03. The number of methoxy groups -OCH3 is 2. The second-order valence-electron chi connectivity index (χ2n) is 3.65. The van der Waals surface area contributed by atoms with E-state index in [2.05, 4.69) is 20.1 Å². The molecule has 8 nitrogen and oxygen atoms in total. The molecule has 0 fully saturated rings. The minimum absolute atomic E-state index is 0.0667. The van der Waals surface area contributed by atoms with Crippen molar-refractivity contribution < 1.29 is 18.8 Å². The van der Waals surface area contributed by atoms with Crippen LogP contribution in [0.5, 0.6) is 12.0 Å². The van der Waals surface area contributed by atoms with E-state index in [-0.39, 0.29) is 29.3 Å². The highest BCUT2D eigenvalue weighted by Gasteiger charge is 2.22. The average Bonchev–Trinajstić information content (AvgIpc) is 2.80. The summed E-state index contributed by atoms with van der Waals surface area (Å²) >= 11 is 0. The Hall–Kier alpha value is -2.51. The van der Waals surface area contributed by atoms with Crippen molar-refractivity contribution in [1.82, 2.24) is 20.1 Å². The highest BCUT2D eigenvalue weighted by molar-refractivity contribution is 6.00. The molecule has 100 valence electrons. The Morgan fingerprint density at radius 2 is 1.68 bits per heavy atom. The van der Waals surface area contributed by atoms with Gasteiger partial charge < -0.3 is 14.0 Å². The van der Waals surface area contributed by atoms with Crippen molar-refractivity contribution in [3.63, 3.8) is 0 Å². The maximum atomic E-state index is 11.6. The van der Waals surface area contributed by atoms with Gasteiger partial charge in [0.2, 0.25) is 0 Å². The van der Waals surface area contributed by atoms with Crippen LogP contribution in [0.2, 0.25) is 0 Å². The predicted octanol–water partition coefficient (Wildman–Crippen LogP) is 1.05. The Kier molecular flexibility index (Phi) is 3.41. The molecule has 0 bridgehead atoms. The minimum atomic E-state index is -0.188. The van der Waals surface area contributed by atoms with Gasteiger partial charge in [-0.05, 0) is 13.8 Å². The highest BCUT2D eigenvalue weighted by Crippen LogP contribution is 2.24. The molecule has 0 aliphatic heterocycles. The number of ketones is 1. The van der Waals surface area contributed by atoms with E-state index in [1.165, 1.54) is 21.1 Å². The van der Waals surface area contributed by atoms with Gasteiger partial charge in [-0.15, -0.1) is 4.98 Å². The summed E-state index contributed by atoms with van der Waals surface area (Å²) in [6.07, 6.45) is 0. The van der Waals surface area contributed by atoms with Crippen LogP contribution in [0.1, 0.15) is 23.0 Å². The number of carbonyl (C=O) groups excluding carboxylic acids is 1. The van der Waals surface area contributed by atoms with Crippen LogP contribution < -0.4 is 9.47 Å². The Bertz CT molecular complexity index is 601. The summed E-state index contributed by atoms with van der Waals surface area (Å²) in [7, 11) is 2.83. The van der Waals surface area contributed by atoms with E-state index in [0.717, 1.165) is 0 Å². The standard InChI is InChI=1S/C11H12N4O4/c1-5(16)7-6(2)19-15-8(7)9-12-10(17-3)14-11(13-9)18-4/h1-4H3. The minimum Gasteiger partial charge on any atom is -0.467 e. The van der Waals surface area contributed by atoms with Crippen molar-refractivity contribution >= 4 is 5.78 Å². The lowest BCUT2D eigenvalue weighted by Crippen LogP contribution is -2.03. The summed E-state index contributed by atoms with van der Waals surface area (Å²) < 4.78 is 14.9. The number of hydrogen-bond acceptors (Lipinski definition) is 8. The second-order valence-corrected chi connectivity index (χ2v) is 3.65. The summed E-state index contributed by atoms with van der Waals surface area (Å²) in [6.45, 7) is 3.06. The van der Waals surface area contributed by atoms with Gasteiger partial charge in [-0.2, -0.15) is 9.97 Å². The molecule has 0 aliphatic carbocycles. The molecule has 19 heavy (non-hydrogen) atoms. The van der Waals surface area contributed by atoms with Crippen LogP contribution in [0.3, 0.4) is 0 Å². The predicted molar refractivity (Wildman–Crippen MR) is 63.2 cm³/mol. The van der Waals surface area contributed by atoms with E-state index in [9.17, 15) is 4.79 Å². The third-order valence-electron chi connectivity index (χ3n) is 2.39. The molecule has 0 aliphatic rings. The number of hydrogen-bond donors (Lipinski definition) is 0. The molecule has 2 aromatic heterocycles. The molecular weight excluding hydrogens is 252 g/mol. The molecule has 2 heterocycles. The number of rotatable bonds is 4. The van der Waals surface area contributed by atoms with Gasteiger partial charge in [0.25, 0.3) is 0 Å². The molecule has 0 unspecified atom stereocenters. The smallest absolute Gasteiger partial charge is 0.322 e. The monoisotopic (exact) mass is 264 g/mol. The maximum absolute atomic E-state index is 11.6. The molecule has 2 aromatic rings. The first-order valence-corrected chi connectivity index (χ1v) is 5.38. The SMILES string of the molecule is COc1nc(OC)nc(-c2noc(C)c2C(C)=O)n1. The fourth-order valence-corrected chi connectivity index (χ4v) is 1.57. The van der Waals surface area contributed by atoms with Gasteiger partial charge in [-0.25, -0.2) is 0 Å². The molecule has 0 N–H and O–H groups in total. The zero-order chi connectivity index (χ0) is 14.0. The summed E-state index contributed by atoms with van der Waals surface area (Å²) in [5, 5.41) is 3.80. The summed E-state index contributed by atoms with van der Waals surface area (Å²) in [4.78, 5) is 23.5. The first-order valence-electron chi connectivity index (χ1n) is 5.38. The van der Waals surface area contributed by atoms with Crippen LogP contribution in [-0.4, -0.2) is 40.1 Å². The Morgan fingerprint density at radius 1 is 1.11 bits per heavy atom. The zero-order valence-corrected chi connectivity index (χ0v) is 10.9. The number of aryl methyl sites for hydroxylation is 1. The van der Waals surface area contributed by atoms with Crippen LogP contribution in [0.25, 0.3) is 11.5 Å². The van der Waals surface area contributed by atoms with Crippen LogP contribution in [0, 0.1) is 6.92 Å². The van der Waals surface area contributed by atoms with Gasteiger partial charge in [-0.1, -0.05) is 5.16 Å². The number of carbonyl (C=O) groups is 1. The lowest BCUT2D eigenvalue weighted by atomic mass is 10.1. The summed E-state index contributed by atoms with van der Waals surface area (Å²) in [5.74, 6) is 0.374. The van der Waals surface area contributed by atoms with Gasteiger partial charge in [0, 0.05) is 0 Å². The third kappa shape index (κ3) is 2.37. The maximum Gasteiger partial charge on any atom is 0.322 e. The van der Waals surface area contributed by atoms with Crippen LogP contribution in [-0.2, 0) is 0 Å². The van der Waals surface area contributed by atoms with Gasteiger partial charge in [0.05, 0.1) is 19.8 Å². The van der Waals surface area contributed by atoms with Crippen molar-refractivity contribution in [2.24, 2.45) is 0 Å². The van der Waals surface area contributed by atoms with Gasteiger partial charge >= 0.3 is 12.0 Å². The molecule has 0 amide bonds. The molecule has 0 aromatic carbocycles. The normalized spacial score (nSPS) is 10.3. The van der Waals surface area contributed by atoms with E-state index in [1.54, 1.807) is 6.92 Å². The molecule has 0 spiro atoms. The highest BCUT2D eigenvalue weighted by atomic mass is 16.5. The van der Waals surface area contributed by atoms with Crippen molar-refractivity contribution in [2.75, 3.05) is 14.2 Å². The first kappa shape index (κ1) is 12.9. The van der Waals surface area contributed by atoms with Crippen LogP contribution in [0.15, 0.2) is 4.52 Å². The van der Waals surface area contributed by atoms with Gasteiger partial charge in [0.15, 0.2) is 17.3 Å². The molecule has 2 rings (SSSR count). The Balaban J connectivity index is 2.61. The number of aromatic nitrogens is 4. The molecular formula is C11H12N4O4. The fraction of sp³-hybridized carbons (Fsp3) is 0.364. The van der Waals surface area contributed by atoms with Crippen molar-refractivity contribution in [3.05, 3.63) is 11.3 Å². The quantitative estimate of drug-likeness (QED) is 0.755. The molecule has 0 atom stereocenters. The number of ether oxygens (including phenoxy) is 2. The Morgan fingerprint density at radius 3 is 2.16 bits per heavy atom. The van der Waals surface area contributed by atoms with Crippen LogP contribution >= 0.6 is 0 Å². The van der Waals surface area contributed by atoms with Crippen molar-refractivity contribution in [3.8, 4) is 23.5 Å². The second kappa shape index (κ2) is 5.01. The molecule has 0 saturated carbocycles. The molecule has 0 radical (unpaired) electrons. The topological polar surface area (TPSA) is 100 Å². The lowest BCUT2D eigenvalue weighted by molar-refractivity contribution is 0.101. The van der Waals surface area contributed by atoms with Crippen molar-refractivity contribution in [1.29, 1.82) is 0 Å². The van der Waals surface area contributed by atoms with E-state index < -0.39 is 0 Å². The third-order valence-corrected chi connectivity index (χ3v) is 2.39. The first-order chi connectivity index (χ1) is 9.06. The van der Waals surface area contributed by atoms with E-state index in [4.69, 9.17) is 14.0 Å². The number of Topliss-reactive ketones (excluding diaryl/α,β-unsaturated/α-hetero) is 1. The number of nitrogens with zero attached hydrogens (tertiary/aromatic N) is 4.